The minimum atomic E-state index is -3.66. The fraction of sp³-hybridized carbons (Fsp3) is 0.909. The number of hydrogen-bond donors (Lipinski definition) is 1. The molecule has 0 saturated carbocycles. The molecule has 0 radical (unpaired) electrons. The van der Waals surface area contributed by atoms with Gasteiger partial charge in [-0.25, -0.2) is 0 Å². The smallest absolute Gasteiger partial charge is 0.324 e. The Hall–Kier alpha value is -0.660. The van der Waals surface area contributed by atoms with Crippen LogP contribution in [0.15, 0.2) is 0 Å². The van der Waals surface area contributed by atoms with Crippen molar-refractivity contribution < 1.29 is 17.9 Å². The maximum atomic E-state index is 12.2. The average Bonchev–Trinajstić information content (AvgIpc) is 2.25. The normalized spacial score (nSPS) is 22.8. The van der Waals surface area contributed by atoms with E-state index in [-0.39, 0.29) is 0 Å². The van der Waals surface area contributed by atoms with Crippen molar-refractivity contribution in [2.45, 2.75) is 51.6 Å². The van der Waals surface area contributed by atoms with Gasteiger partial charge in [0.05, 0.1) is 7.11 Å². The molecule has 0 bridgehead atoms. The summed E-state index contributed by atoms with van der Waals surface area (Å²) in [6, 6.07) is -0.705. The van der Waals surface area contributed by atoms with Gasteiger partial charge < -0.3 is 4.74 Å². The third-order valence-corrected chi connectivity index (χ3v) is 4.60. The van der Waals surface area contributed by atoms with E-state index in [1.165, 1.54) is 11.4 Å². The van der Waals surface area contributed by atoms with E-state index < -0.39 is 27.8 Å². The summed E-state index contributed by atoms with van der Waals surface area (Å²) in [5.41, 5.74) is -0.572. The lowest BCUT2D eigenvalue weighted by Gasteiger charge is -2.34. The van der Waals surface area contributed by atoms with Crippen LogP contribution >= 0.6 is 0 Å². The molecule has 18 heavy (non-hydrogen) atoms. The fourth-order valence-electron chi connectivity index (χ4n) is 2.01. The Bertz CT molecular complexity index is 400. The molecule has 0 aromatic heterocycles. The predicted octanol–water partition coefficient (Wildman–Crippen LogP) is 0.647. The van der Waals surface area contributed by atoms with Gasteiger partial charge in [0.1, 0.15) is 6.04 Å². The van der Waals surface area contributed by atoms with E-state index in [4.69, 9.17) is 0 Å². The first-order valence-corrected chi connectivity index (χ1v) is 7.50. The second-order valence-electron chi connectivity index (χ2n) is 5.50. The molecule has 1 rings (SSSR count). The van der Waals surface area contributed by atoms with E-state index in [0.29, 0.717) is 13.0 Å². The van der Waals surface area contributed by atoms with Gasteiger partial charge in [-0.05, 0) is 40.0 Å². The molecular formula is C11H22N2O4S. The molecule has 1 heterocycles. The lowest BCUT2D eigenvalue weighted by atomic mass is 10.1. The predicted molar refractivity (Wildman–Crippen MR) is 68.2 cm³/mol. The Morgan fingerprint density at radius 1 is 1.33 bits per heavy atom. The van der Waals surface area contributed by atoms with Crippen molar-refractivity contribution >= 4 is 16.2 Å². The Balaban J connectivity index is 2.93. The van der Waals surface area contributed by atoms with Crippen LogP contribution in [0.1, 0.15) is 40.0 Å². The van der Waals surface area contributed by atoms with E-state index in [2.05, 4.69) is 9.46 Å². The molecule has 1 fully saturated rings. The van der Waals surface area contributed by atoms with E-state index in [1.54, 1.807) is 20.8 Å². The summed E-state index contributed by atoms with van der Waals surface area (Å²) in [7, 11) is -2.39. The molecule has 106 valence electrons. The van der Waals surface area contributed by atoms with E-state index in [0.717, 1.165) is 12.8 Å². The maximum Gasteiger partial charge on any atom is 0.324 e. The molecule has 1 aliphatic heterocycles. The number of piperidine rings is 1. The van der Waals surface area contributed by atoms with Crippen molar-refractivity contribution in [3.05, 3.63) is 0 Å². The van der Waals surface area contributed by atoms with Crippen molar-refractivity contribution in [1.82, 2.24) is 9.03 Å². The van der Waals surface area contributed by atoms with Crippen LogP contribution in [-0.2, 0) is 19.7 Å². The van der Waals surface area contributed by atoms with Gasteiger partial charge in [0.15, 0.2) is 0 Å². The summed E-state index contributed by atoms with van der Waals surface area (Å²) in [4.78, 5) is 11.6. The molecule has 1 atom stereocenters. The molecule has 0 spiro atoms. The third kappa shape index (κ3) is 3.93. The summed E-state index contributed by atoms with van der Waals surface area (Å²) >= 11 is 0. The molecule has 1 N–H and O–H groups in total. The molecule has 0 amide bonds. The number of carbonyl (C=O) groups excluding carboxylic acids is 1. The van der Waals surface area contributed by atoms with Gasteiger partial charge in [-0.3, -0.25) is 4.79 Å². The van der Waals surface area contributed by atoms with Crippen LogP contribution in [0.4, 0.5) is 0 Å². The summed E-state index contributed by atoms with van der Waals surface area (Å²) < 4.78 is 32.9. The molecule has 7 heteroatoms. The quantitative estimate of drug-likeness (QED) is 0.769. The van der Waals surface area contributed by atoms with E-state index >= 15 is 0 Å². The number of methoxy groups -OCH3 is 1. The maximum absolute atomic E-state index is 12.2. The van der Waals surface area contributed by atoms with Crippen LogP contribution in [0.2, 0.25) is 0 Å². The second-order valence-corrected chi connectivity index (χ2v) is 7.13. The number of ether oxygens (including phenoxy) is 1. The van der Waals surface area contributed by atoms with Crippen LogP contribution in [0, 0.1) is 0 Å². The van der Waals surface area contributed by atoms with Crippen LogP contribution in [0.3, 0.4) is 0 Å². The van der Waals surface area contributed by atoms with E-state index in [1.807, 2.05) is 0 Å². The largest absolute Gasteiger partial charge is 0.468 e. The Morgan fingerprint density at radius 2 is 1.94 bits per heavy atom. The first-order valence-electron chi connectivity index (χ1n) is 6.06. The van der Waals surface area contributed by atoms with Gasteiger partial charge in [-0.1, -0.05) is 0 Å². The van der Waals surface area contributed by atoms with E-state index in [9.17, 15) is 13.2 Å². The molecule has 0 aliphatic carbocycles. The lowest BCUT2D eigenvalue weighted by molar-refractivity contribution is -0.146. The molecule has 6 nitrogen and oxygen atoms in total. The summed E-state index contributed by atoms with van der Waals surface area (Å²) in [5.74, 6) is -0.492. The molecule has 0 aromatic carbocycles. The number of nitrogens with zero attached hydrogens (tertiary/aromatic N) is 1. The van der Waals surface area contributed by atoms with Crippen LogP contribution < -0.4 is 4.72 Å². The molecule has 1 saturated heterocycles. The van der Waals surface area contributed by atoms with Crippen LogP contribution in [-0.4, -0.2) is 43.9 Å². The zero-order valence-electron chi connectivity index (χ0n) is 11.4. The summed E-state index contributed by atoms with van der Waals surface area (Å²) in [6.07, 6.45) is 2.11. The van der Waals surface area contributed by atoms with Crippen LogP contribution in [0.25, 0.3) is 0 Å². The topological polar surface area (TPSA) is 75.7 Å². The van der Waals surface area contributed by atoms with Gasteiger partial charge in [0, 0.05) is 12.1 Å². The Kier molecular flexibility index (Phi) is 4.74. The number of esters is 1. The number of nitrogens with one attached hydrogen (secondary N) is 1. The molecule has 0 aromatic rings. The van der Waals surface area contributed by atoms with Crippen molar-refractivity contribution in [1.29, 1.82) is 0 Å². The Morgan fingerprint density at radius 3 is 2.44 bits per heavy atom. The summed E-state index contributed by atoms with van der Waals surface area (Å²) in [6.45, 7) is 5.65. The lowest BCUT2D eigenvalue weighted by Crippen LogP contribution is -2.56. The average molecular weight is 278 g/mol. The highest BCUT2D eigenvalue weighted by Gasteiger charge is 2.38. The molecule has 1 aliphatic rings. The van der Waals surface area contributed by atoms with Gasteiger partial charge in [0.25, 0.3) is 10.2 Å². The monoisotopic (exact) mass is 278 g/mol. The minimum absolute atomic E-state index is 0.352. The standard InChI is InChI=1S/C11H22N2O4S/c1-11(2,3)12-18(15,16)13-8-6-5-7-9(13)10(14)17-4/h9,12H,5-8H2,1-4H3/t9-/m1/s1. The van der Waals surface area contributed by atoms with Crippen LogP contribution in [0.5, 0.6) is 0 Å². The number of hydrogen-bond acceptors (Lipinski definition) is 4. The first kappa shape index (κ1) is 15.4. The zero-order valence-corrected chi connectivity index (χ0v) is 12.2. The van der Waals surface area contributed by atoms with Gasteiger partial charge in [-0.15, -0.1) is 0 Å². The summed E-state index contributed by atoms with van der Waals surface area (Å²) in [5, 5.41) is 0. The SMILES string of the molecule is COC(=O)[C@H]1CCCCN1S(=O)(=O)NC(C)(C)C. The molecule has 0 unspecified atom stereocenters. The highest BCUT2D eigenvalue weighted by molar-refractivity contribution is 7.87. The second kappa shape index (κ2) is 5.54. The number of rotatable bonds is 3. The van der Waals surface area contributed by atoms with Crippen molar-refractivity contribution in [2.75, 3.05) is 13.7 Å². The first-order chi connectivity index (χ1) is 8.17. The zero-order chi connectivity index (χ0) is 14.0. The third-order valence-electron chi connectivity index (χ3n) is 2.67. The van der Waals surface area contributed by atoms with Gasteiger partial charge >= 0.3 is 5.97 Å². The number of carbonyl (C=O) groups is 1. The van der Waals surface area contributed by atoms with Crippen molar-refractivity contribution in [3.8, 4) is 0 Å². The highest BCUT2D eigenvalue weighted by Crippen LogP contribution is 2.21. The minimum Gasteiger partial charge on any atom is -0.468 e. The Labute approximate surface area is 109 Å². The van der Waals surface area contributed by atoms with Crippen molar-refractivity contribution in [2.24, 2.45) is 0 Å². The van der Waals surface area contributed by atoms with Gasteiger partial charge in [-0.2, -0.15) is 17.4 Å². The fourth-order valence-corrected chi connectivity index (χ4v) is 3.80. The van der Waals surface area contributed by atoms with Crippen molar-refractivity contribution in [3.63, 3.8) is 0 Å². The van der Waals surface area contributed by atoms with Gasteiger partial charge in [0.2, 0.25) is 0 Å². The highest BCUT2D eigenvalue weighted by atomic mass is 32.2. The molecular weight excluding hydrogens is 256 g/mol.